The van der Waals surface area contributed by atoms with Gasteiger partial charge in [0.25, 0.3) is 0 Å². The van der Waals surface area contributed by atoms with Crippen LogP contribution in [0.15, 0.2) is 12.1 Å². The Morgan fingerprint density at radius 1 is 1.50 bits per heavy atom. The Bertz CT molecular complexity index is 263. The van der Waals surface area contributed by atoms with E-state index in [0.29, 0.717) is 16.5 Å². The summed E-state index contributed by atoms with van der Waals surface area (Å²) >= 11 is 5.86. The van der Waals surface area contributed by atoms with E-state index in [2.05, 4.69) is 5.32 Å². The third kappa shape index (κ3) is 1.56. The highest BCUT2D eigenvalue weighted by molar-refractivity contribution is 6.33. The smallest absolute Gasteiger partial charge is 0.143 e. The Balaban J connectivity index is 3.18. The van der Waals surface area contributed by atoms with E-state index in [1.165, 1.54) is 0 Å². The third-order valence-electron chi connectivity index (χ3n) is 1.59. The number of nitrogens with one attached hydrogen (secondary N) is 1. The molecule has 0 saturated carbocycles. The molecule has 0 aliphatic heterocycles. The van der Waals surface area contributed by atoms with E-state index in [0.717, 1.165) is 5.69 Å². The molecule has 0 radical (unpaired) electrons. The van der Waals surface area contributed by atoms with Crippen LogP contribution >= 0.6 is 11.6 Å². The van der Waals surface area contributed by atoms with Gasteiger partial charge in [0.2, 0.25) is 0 Å². The molecule has 0 saturated heterocycles. The average molecular weight is 187 g/mol. The average Bonchev–Trinajstić information content (AvgIpc) is 2.05. The van der Waals surface area contributed by atoms with Crippen molar-refractivity contribution in [3.63, 3.8) is 0 Å². The lowest BCUT2D eigenvalue weighted by Crippen LogP contribution is -1.95. The minimum Gasteiger partial charge on any atom is -0.495 e. The van der Waals surface area contributed by atoms with Gasteiger partial charge in [-0.2, -0.15) is 0 Å². The quantitative estimate of drug-likeness (QED) is 0.695. The van der Waals surface area contributed by atoms with Crippen molar-refractivity contribution in [2.24, 2.45) is 0 Å². The van der Waals surface area contributed by atoms with Crippen LogP contribution in [0, 0.1) is 0 Å². The molecule has 3 N–H and O–H groups in total. The zero-order valence-corrected chi connectivity index (χ0v) is 7.77. The van der Waals surface area contributed by atoms with Gasteiger partial charge in [0, 0.05) is 13.1 Å². The fourth-order valence-electron chi connectivity index (χ4n) is 0.937. The van der Waals surface area contributed by atoms with E-state index in [9.17, 15) is 0 Å². The molecular weight excluding hydrogens is 176 g/mol. The molecule has 0 aromatic heterocycles. The summed E-state index contributed by atoms with van der Waals surface area (Å²) < 4.78 is 5.02. The maximum Gasteiger partial charge on any atom is 0.143 e. The third-order valence-corrected chi connectivity index (χ3v) is 1.90. The van der Waals surface area contributed by atoms with Crippen LogP contribution in [0.4, 0.5) is 11.4 Å². The van der Waals surface area contributed by atoms with E-state index in [1.807, 2.05) is 0 Å². The molecule has 0 fully saturated rings. The number of benzene rings is 1. The first kappa shape index (κ1) is 9.00. The Labute approximate surface area is 76.5 Å². The standard InChI is InChI=1S/C8H11ClN2O/c1-11-7-4-8(12-2)6(10)3-5(7)9/h3-4,11H,10H2,1-2H3. The van der Waals surface area contributed by atoms with Gasteiger partial charge < -0.3 is 15.8 Å². The minimum atomic E-state index is 0.543. The van der Waals surface area contributed by atoms with Gasteiger partial charge in [-0.25, -0.2) is 0 Å². The number of methoxy groups -OCH3 is 1. The molecular formula is C8H11ClN2O. The fourth-order valence-corrected chi connectivity index (χ4v) is 1.20. The largest absolute Gasteiger partial charge is 0.495 e. The number of hydrogen-bond donors (Lipinski definition) is 2. The van der Waals surface area contributed by atoms with E-state index in [4.69, 9.17) is 22.1 Å². The molecule has 1 rings (SSSR count). The maximum atomic E-state index is 5.86. The van der Waals surface area contributed by atoms with Crippen LogP contribution in [-0.4, -0.2) is 14.2 Å². The number of hydrogen-bond acceptors (Lipinski definition) is 3. The van der Waals surface area contributed by atoms with E-state index in [-0.39, 0.29) is 0 Å². The number of nitrogens with two attached hydrogens (primary N) is 1. The zero-order chi connectivity index (χ0) is 9.14. The lowest BCUT2D eigenvalue weighted by molar-refractivity contribution is 0.417. The Kier molecular flexibility index (Phi) is 2.65. The lowest BCUT2D eigenvalue weighted by atomic mass is 10.2. The predicted octanol–water partition coefficient (Wildman–Crippen LogP) is 1.97. The predicted molar refractivity (Wildman–Crippen MR) is 52.0 cm³/mol. The second-order valence-corrected chi connectivity index (χ2v) is 2.73. The monoisotopic (exact) mass is 186 g/mol. The van der Waals surface area contributed by atoms with Crippen LogP contribution in [-0.2, 0) is 0 Å². The van der Waals surface area contributed by atoms with Gasteiger partial charge in [0.05, 0.1) is 23.5 Å². The van der Waals surface area contributed by atoms with Crippen LogP contribution in [0.25, 0.3) is 0 Å². The second kappa shape index (κ2) is 3.54. The molecule has 1 aromatic carbocycles. The topological polar surface area (TPSA) is 47.3 Å². The van der Waals surface area contributed by atoms with Crippen LogP contribution in [0.3, 0.4) is 0 Å². The first-order chi connectivity index (χ1) is 5.69. The lowest BCUT2D eigenvalue weighted by Gasteiger charge is -2.08. The Morgan fingerprint density at radius 2 is 2.17 bits per heavy atom. The Morgan fingerprint density at radius 3 is 2.67 bits per heavy atom. The molecule has 0 spiro atoms. The molecule has 0 bridgehead atoms. The highest BCUT2D eigenvalue weighted by Gasteiger charge is 2.04. The van der Waals surface area contributed by atoms with Crippen LogP contribution < -0.4 is 15.8 Å². The highest BCUT2D eigenvalue weighted by atomic mass is 35.5. The summed E-state index contributed by atoms with van der Waals surface area (Å²) in [5.74, 6) is 0.628. The summed E-state index contributed by atoms with van der Waals surface area (Å²) in [4.78, 5) is 0. The number of nitrogen functional groups attached to an aromatic ring is 1. The molecule has 0 aliphatic carbocycles. The van der Waals surface area contributed by atoms with Crippen molar-refractivity contribution in [3.05, 3.63) is 17.2 Å². The van der Waals surface area contributed by atoms with Gasteiger partial charge in [-0.1, -0.05) is 11.6 Å². The number of rotatable bonds is 2. The van der Waals surface area contributed by atoms with Crippen molar-refractivity contribution in [1.82, 2.24) is 0 Å². The van der Waals surface area contributed by atoms with Gasteiger partial charge in [0.1, 0.15) is 5.75 Å². The maximum absolute atomic E-state index is 5.86. The molecule has 0 unspecified atom stereocenters. The van der Waals surface area contributed by atoms with Gasteiger partial charge >= 0.3 is 0 Å². The summed E-state index contributed by atoms with van der Waals surface area (Å²) in [6.45, 7) is 0. The van der Waals surface area contributed by atoms with Crippen molar-refractivity contribution < 1.29 is 4.74 Å². The van der Waals surface area contributed by atoms with Gasteiger partial charge in [-0.3, -0.25) is 0 Å². The molecule has 12 heavy (non-hydrogen) atoms. The summed E-state index contributed by atoms with van der Waals surface area (Å²) in [5, 5.41) is 3.52. The van der Waals surface area contributed by atoms with Gasteiger partial charge in [0.15, 0.2) is 0 Å². The van der Waals surface area contributed by atoms with E-state index < -0.39 is 0 Å². The SMILES string of the molecule is CNc1cc(OC)c(N)cc1Cl. The van der Waals surface area contributed by atoms with Gasteiger partial charge in [-0.15, -0.1) is 0 Å². The van der Waals surface area contributed by atoms with E-state index in [1.54, 1.807) is 26.3 Å². The highest BCUT2D eigenvalue weighted by Crippen LogP contribution is 2.31. The van der Waals surface area contributed by atoms with E-state index >= 15 is 0 Å². The molecule has 1 aromatic rings. The minimum absolute atomic E-state index is 0.543. The van der Waals surface area contributed by atoms with Crippen molar-refractivity contribution in [2.45, 2.75) is 0 Å². The summed E-state index contributed by atoms with van der Waals surface area (Å²) in [6.07, 6.45) is 0. The number of ether oxygens (including phenoxy) is 1. The zero-order valence-electron chi connectivity index (χ0n) is 7.02. The summed E-state index contributed by atoms with van der Waals surface area (Å²) in [6, 6.07) is 3.42. The first-order valence-electron chi connectivity index (χ1n) is 3.49. The molecule has 3 nitrogen and oxygen atoms in total. The van der Waals surface area contributed by atoms with Crippen molar-refractivity contribution in [3.8, 4) is 5.75 Å². The second-order valence-electron chi connectivity index (χ2n) is 2.32. The molecule has 0 atom stereocenters. The Hall–Kier alpha value is -1.09. The van der Waals surface area contributed by atoms with Crippen molar-refractivity contribution in [2.75, 3.05) is 25.2 Å². The fraction of sp³-hybridized carbons (Fsp3) is 0.250. The molecule has 0 aliphatic rings. The molecule has 0 amide bonds. The van der Waals surface area contributed by atoms with Crippen molar-refractivity contribution in [1.29, 1.82) is 0 Å². The van der Waals surface area contributed by atoms with Gasteiger partial charge in [-0.05, 0) is 6.07 Å². The van der Waals surface area contributed by atoms with Crippen LogP contribution in [0.1, 0.15) is 0 Å². The molecule has 0 heterocycles. The number of anilines is 2. The summed E-state index contributed by atoms with van der Waals surface area (Å²) in [7, 11) is 3.36. The first-order valence-corrected chi connectivity index (χ1v) is 3.87. The van der Waals surface area contributed by atoms with Crippen LogP contribution in [0.5, 0.6) is 5.75 Å². The molecule has 66 valence electrons. The van der Waals surface area contributed by atoms with Crippen molar-refractivity contribution >= 4 is 23.0 Å². The number of halogens is 1. The summed E-state index contributed by atoms with van der Waals surface area (Å²) in [5.41, 5.74) is 6.97. The normalized spacial score (nSPS) is 9.58. The van der Waals surface area contributed by atoms with Crippen LogP contribution in [0.2, 0.25) is 5.02 Å². The molecule has 4 heteroatoms.